The number of carbonyl (C=O) groups excluding carboxylic acids is 2. The van der Waals surface area contributed by atoms with E-state index >= 15 is 0 Å². The van der Waals surface area contributed by atoms with Crippen LogP contribution in [0, 0.1) is 0 Å². The summed E-state index contributed by atoms with van der Waals surface area (Å²) in [4.78, 5) is 25.5. The molecule has 0 aliphatic carbocycles. The van der Waals surface area contributed by atoms with E-state index < -0.39 is 11.7 Å². The molecule has 8 heteroatoms. The minimum Gasteiger partial charge on any atom is -0.494 e. The Bertz CT molecular complexity index is 684. The summed E-state index contributed by atoms with van der Waals surface area (Å²) in [5.41, 5.74) is 0.398. The third-order valence-corrected chi connectivity index (χ3v) is 3.51. The number of ether oxygens (including phenoxy) is 2. The highest BCUT2D eigenvalue weighted by Crippen LogP contribution is 2.31. The van der Waals surface area contributed by atoms with E-state index in [2.05, 4.69) is 10.6 Å². The van der Waals surface area contributed by atoms with Crippen molar-refractivity contribution < 1.29 is 19.1 Å². The molecule has 0 saturated carbocycles. The van der Waals surface area contributed by atoms with Gasteiger partial charge in [0.2, 0.25) is 0 Å². The maximum Gasteiger partial charge on any atom is 0.412 e. The Morgan fingerprint density at radius 1 is 1.38 bits per heavy atom. The molecule has 130 valence electrons. The predicted molar refractivity (Wildman–Crippen MR) is 95.5 cm³/mol. The maximum absolute atomic E-state index is 12.2. The highest BCUT2D eigenvalue weighted by atomic mass is 32.1. The molecule has 1 aliphatic heterocycles. The molecule has 2 N–H and O–H groups in total. The van der Waals surface area contributed by atoms with Crippen LogP contribution in [0.1, 0.15) is 27.7 Å². The summed E-state index contributed by atoms with van der Waals surface area (Å²) in [7, 11) is 1.48. The summed E-state index contributed by atoms with van der Waals surface area (Å²) in [5, 5.41) is 5.87. The second kappa shape index (κ2) is 6.64. The second-order valence-electron chi connectivity index (χ2n) is 6.36. The van der Waals surface area contributed by atoms with Gasteiger partial charge in [-0.25, -0.2) is 4.79 Å². The Balaban J connectivity index is 2.24. The smallest absolute Gasteiger partial charge is 0.412 e. The normalized spacial score (nSPS) is 17.5. The van der Waals surface area contributed by atoms with Gasteiger partial charge in [0.25, 0.3) is 5.91 Å². The first-order valence-corrected chi connectivity index (χ1v) is 7.85. The molecule has 2 amide bonds. The first-order chi connectivity index (χ1) is 11.1. The number of carbonyl (C=O) groups is 2. The third-order valence-electron chi connectivity index (χ3n) is 3.21. The van der Waals surface area contributed by atoms with Gasteiger partial charge in [0.05, 0.1) is 18.5 Å². The highest BCUT2D eigenvalue weighted by Gasteiger charge is 2.33. The predicted octanol–water partition coefficient (Wildman–Crippen LogP) is 2.65. The molecule has 0 unspecified atom stereocenters. The average molecular weight is 351 g/mol. The van der Waals surface area contributed by atoms with Gasteiger partial charge >= 0.3 is 6.09 Å². The van der Waals surface area contributed by atoms with Crippen LogP contribution in [0.2, 0.25) is 0 Å². The molecule has 1 aromatic carbocycles. The summed E-state index contributed by atoms with van der Waals surface area (Å²) in [6, 6.07) is 4.58. The number of amides is 2. The van der Waals surface area contributed by atoms with Gasteiger partial charge in [0, 0.05) is 6.07 Å². The first-order valence-electron chi connectivity index (χ1n) is 7.45. The number of hydrogen-bond acceptors (Lipinski definition) is 5. The zero-order valence-corrected chi connectivity index (χ0v) is 15.1. The van der Waals surface area contributed by atoms with Crippen molar-refractivity contribution in [1.29, 1.82) is 0 Å². The standard InChI is InChI=1S/C16H21N3O4S/c1-9-13(20)19(14(24)17-9)10-6-7-11(12(8-10)22-5)18-15(21)23-16(2,3)4/h6-9H,1-5H3,(H,17,24)(H,18,21)/t9-/m1/s1. The van der Waals surface area contributed by atoms with Crippen molar-refractivity contribution in [3.63, 3.8) is 0 Å². The van der Waals surface area contributed by atoms with Gasteiger partial charge in [-0.3, -0.25) is 15.0 Å². The molecule has 1 atom stereocenters. The van der Waals surface area contributed by atoms with Gasteiger partial charge in [-0.2, -0.15) is 0 Å². The highest BCUT2D eigenvalue weighted by molar-refractivity contribution is 7.80. The van der Waals surface area contributed by atoms with Crippen molar-refractivity contribution in [2.75, 3.05) is 17.3 Å². The minimum absolute atomic E-state index is 0.144. The first kappa shape index (κ1) is 18.0. The van der Waals surface area contributed by atoms with Crippen molar-refractivity contribution in [3.8, 4) is 5.75 Å². The second-order valence-corrected chi connectivity index (χ2v) is 6.74. The van der Waals surface area contributed by atoms with E-state index in [1.165, 1.54) is 12.0 Å². The summed E-state index contributed by atoms with van der Waals surface area (Å²) >= 11 is 5.18. The zero-order valence-electron chi connectivity index (χ0n) is 14.3. The van der Waals surface area contributed by atoms with E-state index in [0.29, 0.717) is 22.2 Å². The third kappa shape index (κ3) is 3.94. The fourth-order valence-corrected chi connectivity index (χ4v) is 2.56. The molecule has 0 bridgehead atoms. The van der Waals surface area contributed by atoms with E-state index in [1.54, 1.807) is 45.9 Å². The number of nitrogens with one attached hydrogen (secondary N) is 2. The monoisotopic (exact) mass is 351 g/mol. The summed E-state index contributed by atoms with van der Waals surface area (Å²) < 4.78 is 10.5. The molecular weight excluding hydrogens is 330 g/mol. The number of thiocarbonyl (C=S) groups is 1. The van der Waals surface area contributed by atoms with Gasteiger partial charge in [-0.15, -0.1) is 0 Å². The van der Waals surface area contributed by atoms with Crippen molar-refractivity contribution in [3.05, 3.63) is 18.2 Å². The molecule has 1 aliphatic rings. The van der Waals surface area contributed by atoms with Gasteiger partial charge < -0.3 is 14.8 Å². The number of anilines is 2. The lowest BCUT2D eigenvalue weighted by atomic mass is 10.2. The number of nitrogens with zero attached hydrogens (tertiary/aromatic N) is 1. The molecule has 0 radical (unpaired) electrons. The molecule has 1 heterocycles. The molecule has 2 rings (SSSR count). The Morgan fingerprint density at radius 3 is 2.54 bits per heavy atom. The topological polar surface area (TPSA) is 79.9 Å². The lowest BCUT2D eigenvalue weighted by molar-refractivity contribution is -0.117. The Labute approximate surface area is 146 Å². The average Bonchev–Trinajstić information content (AvgIpc) is 2.71. The number of methoxy groups -OCH3 is 1. The molecular formula is C16H21N3O4S. The zero-order chi connectivity index (χ0) is 18.1. The largest absolute Gasteiger partial charge is 0.494 e. The van der Waals surface area contributed by atoms with Crippen molar-refractivity contribution >= 4 is 40.7 Å². The lowest BCUT2D eigenvalue weighted by Crippen LogP contribution is -2.30. The Hall–Kier alpha value is -2.35. The minimum atomic E-state index is -0.604. The molecule has 0 spiro atoms. The van der Waals surface area contributed by atoms with Crippen LogP contribution >= 0.6 is 12.2 Å². The molecule has 24 heavy (non-hydrogen) atoms. The van der Waals surface area contributed by atoms with Crippen molar-refractivity contribution in [1.82, 2.24) is 5.32 Å². The summed E-state index contributed by atoms with van der Waals surface area (Å²) in [5.74, 6) is 0.253. The lowest BCUT2D eigenvalue weighted by Gasteiger charge is -2.21. The molecule has 1 saturated heterocycles. The van der Waals surface area contributed by atoms with Gasteiger partial charge in [-0.05, 0) is 52.0 Å². The van der Waals surface area contributed by atoms with Crippen molar-refractivity contribution in [2.24, 2.45) is 0 Å². The number of rotatable bonds is 3. The van der Waals surface area contributed by atoms with Crippen LogP contribution in [-0.2, 0) is 9.53 Å². The number of benzene rings is 1. The molecule has 1 aromatic rings. The van der Waals surface area contributed by atoms with Crippen LogP contribution < -0.4 is 20.3 Å². The van der Waals surface area contributed by atoms with Crippen LogP contribution in [0.5, 0.6) is 5.75 Å². The Kier molecular flexibility index (Phi) is 4.98. The van der Waals surface area contributed by atoms with E-state index in [-0.39, 0.29) is 11.9 Å². The van der Waals surface area contributed by atoms with Crippen LogP contribution in [0.3, 0.4) is 0 Å². The maximum atomic E-state index is 12.2. The number of hydrogen-bond donors (Lipinski definition) is 2. The van der Waals surface area contributed by atoms with Crippen LogP contribution in [-0.4, -0.2) is 35.9 Å². The van der Waals surface area contributed by atoms with Gasteiger partial charge in [-0.1, -0.05) is 0 Å². The Morgan fingerprint density at radius 2 is 2.04 bits per heavy atom. The van der Waals surface area contributed by atoms with E-state index in [4.69, 9.17) is 21.7 Å². The van der Waals surface area contributed by atoms with Crippen LogP contribution in [0.15, 0.2) is 18.2 Å². The summed E-state index contributed by atoms with van der Waals surface area (Å²) in [6.07, 6.45) is -0.586. The fraction of sp³-hybridized carbons (Fsp3) is 0.438. The molecule has 0 aromatic heterocycles. The van der Waals surface area contributed by atoms with Gasteiger partial charge in [0.1, 0.15) is 17.4 Å². The molecule has 1 fully saturated rings. The van der Waals surface area contributed by atoms with Crippen molar-refractivity contribution in [2.45, 2.75) is 39.3 Å². The van der Waals surface area contributed by atoms with E-state index in [9.17, 15) is 9.59 Å². The van der Waals surface area contributed by atoms with Crippen LogP contribution in [0.25, 0.3) is 0 Å². The summed E-state index contributed by atoms with van der Waals surface area (Å²) in [6.45, 7) is 7.08. The van der Waals surface area contributed by atoms with E-state index in [1.807, 2.05) is 0 Å². The quantitative estimate of drug-likeness (QED) is 0.815. The van der Waals surface area contributed by atoms with Gasteiger partial charge in [0.15, 0.2) is 5.11 Å². The van der Waals surface area contributed by atoms with Crippen LogP contribution in [0.4, 0.5) is 16.2 Å². The fourth-order valence-electron chi connectivity index (χ4n) is 2.19. The molecule has 7 nitrogen and oxygen atoms in total. The SMILES string of the molecule is COc1cc(N2C(=O)[C@@H](C)NC2=S)ccc1NC(=O)OC(C)(C)C. The van der Waals surface area contributed by atoms with E-state index in [0.717, 1.165) is 0 Å².